The maximum Gasteiger partial charge on any atom is 0.179 e. The van der Waals surface area contributed by atoms with Gasteiger partial charge >= 0.3 is 0 Å². The SMILES string of the molecule is Cc1nn(C)c(Cl)c1OC1CNC1. The van der Waals surface area contributed by atoms with Gasteiger partial charge in [0, 0.05) is 20.1 Å². The Morgan fingerprint density at radius 1 is 1.62 bits per heavy atom. The van der Waals surface area contributed by atoms with E-state index in [1.807, 2.05) is 6.92 Å². The van der Waals surface area contributed by atoms with Crippen LogP contribution in [-0.4, -0.2) is 29.0 Å². The number of hydrogen-bond acceptors (Lipinski definition) is 3. The second-order valence-corrected chi connectivity index (χ2v) is 3.59. The molecule has 1 aliphatic heterocycles. The van der Waals surface area contributed by atoms with E-state index < -0.39 is 0 Å². The lowest BCUT2D eigenvalue weighted by Gasteiger charge is -2.27. The molecule has 0 saturated carbocycles. The normalized spacial score (nSPS) is 17.2. The molecule has 1 fully saturated rings. The third kappa shape index (κ3) is 1.51. The minimum Gasteiger partial charge on any atom is -0.483 e. The van der Waals surface area contributed by atoms with E-state index in [1.54, 1.807) is 11.7 Å². The van der Waals surface area contributed by atoms with Crippen LogP contribution in [0.25, 0.3) is 0 Å². The maximum absolute atomic E-state index is 5.99. The molecule has 1 aliphatic rings. The summed E-state index contributed by atoms with van der Waals surface area (Å²) in [6.07, 6.45) is 0.250. The lowest BCUT2D eigenvalue weighted by atomic mass is 10.2. The molecule has 1 aromatic rings. The van der Waals surface area contributed by atoms with Crippen molar-refractivity contribution in [3.05, 3.63) is 10.8 Å². The fraction of sp³-hybridized carbons (Fsp3) is 0.625. The van der Waals surface area contributed by atoms with Crippen molar-refractivity contribution in [2.45, 2.75) is 13.0 Å². The molecule has 1 saturated heterocycles. The Balaban J connectivity index is 2.17. The van der Waals surface area contributed by atoms with Crippen molar-refractivity contribution in [2.24, 2.45) is 7.05 Å². The number of ether oxygens (including phenoxy) is 1. The van der Waals surface area contributed by atoms with Gasteiger partial charge in [0.1, 0.15) is 11.8 Å². The van der Waals surface area contributed by atoms with Crippen molar-refractivity contribution < 1.29 is 4.74 Å². The van der Waals surface area contributed by atoms with Crippen molar-refractivity contribution in [3.8, 4) is 5.75 Å². The summed E-state index contributed by atoms with van der Waals surface area (Å²) >= 11 is 5.99. The number of aryl methyl sites for hydroxylation is 2. The molecule has 0 aliphatic carbocycles. The van der Waals surface area contributed by atoms with E-state index >= 15 is 0 Å². The predicted octanol–water partition coefficient (Wildman–Crippen LogP) is 0.733. The van der Waals surface area contributed by atoms with Crippen LogP contribution in [0, 0.1) is 6.92 Å². The predicted molar refractivity (Wildman–Crippen MR) is 50.2 cm³/mol. The Morgan fingerprint density at radius 2 is 2.31 bits per heavy atom. The molecule has 0 radical (unpaired) electrons. The zero-order valence-electron chi connectivity index (χ0n) is 7.67. The van der Waals surface area contributed by atoms with Gasteiger partial charge in [-0.1, -0.05) is 11.6 Å². The van der Waals surface area contributed by atoms with Crippen molar-refractivity contribution >= 4 is 11.6 Å². The summed E-state index contributed by atoms with van der Waals surface area (Å²) in [5, 5.41) is 7.87. The highest BCUT2D eigenvalue weighted by molar-refractivity contribution is 6.31. The molecule has 0 atom stereocenters. The zero-order chi connectivity index (χ0) is 9.42. The first-order chi connectivity index (χ1) is 6.18. The number of nitrogens with zero attached hydrogens (tertiary/aromatic N) is 2. The van der Waals surface area contributed by atoms with E-state index in [9.17, 15) is 0 Å². The molecule has 2 heterocycles. The molecule has 0 aromatic carbocycles. The number of nitrogens with one attached hydrogen (secondary N) is 1. The molecular weight excluding hydrogens is 190 g/mol. The first-order valence-electron chi connectivity index (χ1n) is 4.25. The van der Waals surface area contributed by atoms with Crippen LogP contribution in [0.15, 0.2) is 0 Å². The highest BCUT2D eigenvalue weighted by Gasteiger charge is 2.22. The lowest BCUT2D eigenvalue weighted by molar-refractivity contribution is 0.141. The second kappa shape index (κ2) is 3.20. The first-order valence-corrected chi connectivity index (χ1v) is 4.62. The van der Waals surface area contributed by atoms with Crippen LogP contribution >= 0.6 is 11.6 Å². The van der Waals surface area contributed by atoms with Crippen LogP contribution in [0.4, 0.5) is 0 Å². The monoisotopic (exact) mass is 201 g/mol. The summed E-state index contributed by atoms with van der Waals surface area (Å²) in [7, 11) is 1.81. The van der Waals surface area contributed by atoms with Crippen LogP contribution in [0.1, 0.15) is 5.69 Å². The lowest BCUT2D eigenvalue weighted by Crippen LogP contribution is -2.50. The smallest absolute Gasteiger partial charge is 0.179 e. The van der Waals surface area contributed by atoms with Crippen LogP contribution in [0.2, 0.25) is 5.15 Å². The van der Waals surface area contributed by atoms with Crippen molar-refractivity contribution in [1.29, 1.82) is 0 Å². The quantitative estimate of drug-likeness (QED) is 0.767. The summed E-state index contributed by atoms with van der Waals surface area (Å²) in [5.41, 5.74) is 0.847. The van der Waals surface area contributed by atoms with E-state index in [1.165, 1.54) is 0 Å². The molecule has 0 bridgehead atoms. The summed E-state index contributed by atoms with van der Waals surface area (Å²) < 4.78 is 7.28. The third-order valence-corrected chi connectivity index (χ3v) is 2.54. The summed E-state index contributed by atoms with van der Waals surface area (Å²) in [6.45, 7) is 3.68. The molecule has 72 valence electrons. The summed E-state index contributed by atoms with van der Waals surface area (Å²) in [4.78, 5) is 0. The Labute approximate surface area is 81.8 Å². The molecular formula is C8H12ClN3O. The molecule has 13 heavy (non-hydrogen) atoms. The number of halogens is 1. The van der Waals surface area contributed by atoms with Crippen molar-refractivity contribution in [3.63, 3.8) is 0 Å². The second-order valence-electron chi connectivity index (χ2n) is 3.23. The van der Waals surface area contributed by atoms with Gasteiger partial charge in [-0.05, 0) is 6.92 Å². The maximum atomic E-state index is 5.99. The van der Waals surface area contributed by atoms with Gasteiger partial charge in [0.15, 0.2) is 10.9 Å². The van der Waals surface area contributed by atoms with Gasteiger partial charge in [0.25, 0.3) is 0 Å². The third-order valence-electron chi connectivity index (χ3n) is 2.13. The summed E-state index contributed by atoms with van der Waals surface area (Å²) in [5.74, 6) is 0.718. The van der Waals surface area contributed by atoms with Gasteiger partial charge in [0.05, 0.1) is 0 Å². The van der Waals surface area contributed by atoms with E-state index in [0.29, 0.717) is 5.15 Å². The standard InChI is InChI=1S/C8H12ClN3O/c1-5-7(8(9)12(2)11-5)13-6-3-10-4-6/h6,10H,3-4H2,1-2H3. The largest absolute Gasteiger partial charge is 0.483 e. The van der Waals surface area contributed by atoms with Gasteiger partial charge in [-0.3, -0.25) is 4.68 Å². The van der Waals surface area contributed by atoms with Gasteiger partial charge < -0.3 is 10.1 Å². The van der Waals surface area contributed by atoms with E-state index in [0.717, 1.165) is 24.5 Å². The van der Waals surface area contributed by atoms with Crippen molar-refractivity contribution in [1.82, 2.24) is 15.1 Å². The molecule has 0 unspecified atom stereocenters. The molecule has 0 amide bonds. The average Bonchev–Trinajstić information content (AvgIpc) is 2.21. The Bertz CT molecular complexity index is 319. The molecule has 2 rings (SSSR count). The Kier molecular flexibility index (Phi) is 2.17. The Morgan fingerprint density at radius 3 is 2.69 bits per heavy atom. The highest BCUT2D eigenvalue weighted by Crippen LogP contribution is 2.28. The van der Waals surface area contributed by atoms with Gasteiger partial charge in [-0.2, -0.15) is 5.10 Å². The highest BCUT2D eigenvalue weighted by atomic mass is 35.5. The van der Waals surface area contributed by atoms with E-state index in [-0.39, 0.29) is 6.10 Å². The van der Waals surface area contributed by atoms with Crippen LogP contribution < -0.4 is 10.1 Å². The number of hydrogen-bond donors (Lipinski definition) is 1. The number of rotatable bonds is 2. The van der Waals surface area contributed by atoms with Gasteiger partial charge in [-0.25, -0.2) is 0 Å². The minimum absolute atomic E-state index is 0.250. The molecule has 1 aromatic heterocycles. The topological polar surface area (TPSA) is 39.1 Å². The molecule has 0 spiro atoms. The minimum atomic E-state index is 0.250. The van der Waals surface area contributed by atoms with Crippen LogP contribution in [0.5, 0.6) is 5.75 Å². The summed E-state index contributed by atoms with van der Waals surface area (Å²) in [6, 6.07) is 0. The van der Waals surface area contributed by atoms with E-state index in [2.05, 4.69) is 10.4 Å². The average molecular weight is 202 g/mol. The fourth-order valence-electron chi connectivity index (χ4n) is 1.26. The number of aromatic nitrogens is 2. The van der Waals surface area contributed by atoms with Gasteiger partial charge in [0.2, 0.25) is 0 Å². The fourth-order valence-corrected chi connectivity index (χ4v) is 1.48. The van der Waals surface area contributed by atoms with Gasteiger partial charge in [-0.15, -0.1) is 0 Å². The van der Waals surface area contributed by atoms with Crippen molar-refractivity contribution in [2.75, 3.05) is 13.1 Å². The molecule has 1 N–H and O–H groups in total. The first kappa shape index (κ1) is 8.84. The Hall–Kier alpha value is -0.740. The van der Waals surface area contributed by atoms with E-state index in [4.69, 9.17) is 16.3 Å². The van der Waals surface area contributed by atoms with Crippen LogP contribution in [-0.2, 0) is 7.05 Å². The molecule has 5 heteroatoms. The molecule has 4 nitrogen and oxygen atoms in total. The van der Waals surface area contributed by atoms with Crippen LogP contribution in [0.3, 0.4) is 0 Å². The zero-order valence-corrected chi connectivity index (χ0v) is 8.43.